The van der Waals surface area contributed by atoms with Gasteiger partial charge in [0.2, 0.25) is 0 Å². The minimum atomic E-state index is -0.719. The molecule has 2 aliphatic carbocycles. The fourth-order valence-corrected chi connectivity index (χ4v) is 11.3. The highest BCUT2D eigenvalue weighted by Crippen LogP contribution is 2.60. The quantitative estimate of drug-likeness (QED) is 0.153. The summed E-state index contributed by atoms with van der Waals surface area (Å²) in [6.45, 7) is 0. The van der Waals surface area contributed by atoms with Crippen LogP contribution in [0, 0.1) is 22.7 Å². The SMILES string of the molecule is N#Cc1ccc(C2(c3ccc(C#N)cc3)c3ccccc3-c3cc(N(c4ccc5c(c4)C(c4ccccc4)(c4ccccc4)c4ccccc4-5)c4ccccc4-c4ccccc4)ccc32)cc1. The molecule has 0 atom stereocenters. The molecule has 312 valence electrons. The zero-order valence-corrected chi connectivity index (χ0v) is 36.5. The molecule has 2 aliphatic rings. The van der Waals surface area contributed by atoms with Crippen LogP contribution in [0.15, 0.2) is 249 Å². The second-order valence-electron chi connectivity index (χ2n) is 17.4. The van der Waals surface area contributed by atoms with E-state index in [-0.39, 0.29) is 0 Å². The first-order valence-corrected chi connectivity index (χ1v) is 22.7. The summed E-state index contributed by atoms with van der Waals surface area (Å²) in [4.78, 5) is 2.44. The molecule has 0 amide bonds. The molecule has 0 fully saturated rings. The van der Waals surface area contributed by atoms with E-state index in [1.807, 2.05) is 24.3 Å². The Morgan fingerprint density at radius 1 is 0.299 bits per heavy atom. The largest absolute Gasteiger partial charge is 0.310 e. The predicted octanol–water partition coefficient (Wildman–Crippen LogP) is 15.3. The Morgan fingerprint density at radius 2 is 0.701 bits per heavy atom. The van der Waals surface area contributed by atoms with Crippen LogP contribution in [-0.4, -0.2) is 0 Å². The first-order chi connectivity index (χ1) is 33.1. The normalized spacial score (nSPS) is 13.3. The van der Waals surface area contributed by atoms with Crippen LogP contribution in [0.1, 0.15) is 55.6 Å². The molecule has 0 aromatic heterocycles. The first-order valence-electron chi connectivity index (χ1n) is 22.7. The van der Waals surface area contributed by atoms with E-state index >= 15 is 0 Å². The fourth-order valence-electron chi connectivity index (χ4n) is 11.3. The molecule has 3 nitrogen and oxygen atoms in total. The topological polar surface area (TPSA) is 50.8 Å². The zero-order chi connectivity index (χ0) is 45.0. The van der Waals surface area contributed by atoms with Crippen molar-refractivity contribution in [2.24, 2.45) is 0 Å². The maximum absolute atomic E-state index is 9.87. The lowest BCUT2D eigenvalue weighted by atomic mass is 9.67. The zero-order valence-electron chi connectivity index (χ0n) is 36.5. The Labute approximate surface area is 391 Å². The third kappa shape index (κ3) is 5.96. The highest BCUT2D eigenvalue weighted by molar-refractivity contribution is 5.95. The van der Waals surface area contributed by atoms with Gasteiger partial charge >= 0.3 is 0 Å². The Bertz CT molecular complexity index is 3480. The standard InChI is InChI=1S/C64H41N3/c65-42-44-28-32-49(33-29-44)63(50-34-30-45(43-66)31-35-50)59-26-14-11-24-55(59)57-40-51(37-39-60(57)63)67(62-27-15-12-22-53(62)46-16-4-1-5-17-46)52-36-38-56-54-23-10-13-25-58(54)64(61(56)41-52,47-18-6-2-7-19-47)48-20-8-3-9-21-48/h1-41H. The molecule has 0 bridgehead atoms. The van der Waals surface area contributed by atoms with Crippen LogP contribution in [0.25, 0.3) is 33.4 Å². The van der Waals surface area contributed by atoms with Gasteiger partial charge in [-0.25, -0.2) is 0 Å². The van der Waals surface area contributed by atoms with Crippen molar-refractivity contribution in [3.63, 3.8) is 0 Å². The molecule has 0 N–H and O–H groups in total. The van der Waals surface area contributed by atoms with Crippen molar-refractivity contribution in [2.75, 3.05) is 4.90 Å². The van der Waals surface area contributed by atoms with Crippen LogP contribution in [0.3, 0.4) is 0 Å². The third-order valence-corrected chi connectivity index (χ3v) is 14.1. The van der Waals surface area contributed by atoms with Gasteiger partial charge in [-0.3, -0.25) is 0 Å². The Kier molecular flexibility index (Phi) is 9.39. The first kappa shape index (κ1) is 39.6. The van der Waals surface area contributed by atoms with Gasteiger partial charge in [-0.15, -0.1) is 0 Å². The van der Waals surface area contributed by atoms with Crippen molar-refractivity contribution in [3.05, 3.63) is 304 Å². The average molecular weight is 852 g/mol. The van der Waals surface area contributed by atoms with Gasteiger partial charge in [0.1, 0.15) is 0 Å². The smallest absolute Gasteiger partial charge is 0.0991 e. The number of benzene rings is 10. The summed E-state index contributed by atoms with van der Waals surface area (Å²) < 4.78 is 0. The van der Waals surface area contributed by atoms with Crippen molar-refractivity contribution in [3.8, 4) is 45.5 Å². The lowest BCUT2D eigenvalue weighted by Gasteiger charge is -2.35. The molecule has 0 radical (unpaired) electrons. The molecule has 0 unspecified atom stereocenters. The number of fused-ring (bicyclic) bond motifs is 6. The molecule has 12 rings (SSSR count). The minimum absolute atomic E-state index is 0.576. The highest BCUT2D eigenvalue weighted by atomic mass is 15.1. The maximum atomic E-state index is 9.87. The summed E-state index contributed by atoms with van der Waals surface area (Å²) in [7, 11) is 0. The number of rotatable bonds is 8. The van der Waals surface area contributed by atoms with Gasteiger partial charge in [-0.2, -0.15) is 10.5 Å². The fraction of sp³-hybridized carbons (Fsp3) is 0.0312. The highest BCUT2D eigenvalue weighted by Gasteiger charge is 2.48. The van der Waals surface area contributed by atoms with E-state index in [9.17, 15) is 10.5 Å². The molecule has 0 spiro atoms. The lowest BCUT2D eigenvalue weighted by molar-refractivity contribution is 0.767. The summed E-state index contributed by atoms with van der Waals surface area (Å²) in [5, 5.41) is 19.7. The second kappa shape index (κ2) is 15.9. The summed E-state index contributed by atoms with van der Waals surface area (Å²) in [5.41, 5.74) is 19.4. The van der Waals surface area contributed by atoms with Crippen LogP contribution >= 0.6 is 0 Å². The monoisotopic (exact) mass is 851 g/mol. The Balaban J connectivity index is 1.14. The summed E-state index contributed by atoms with van der Waals surface area (Å²) in [5.74, 6) is 0. The van der Waals surface area contributed by atoms with Crippen molar-refractivity contribution >= 4 is 17.1 Å². The third-order valence-electron chi connectivity index (χ3n) is 14.1. The molecule has 10 aromatic carbocycles. The van der Waals surface area contributed by atoms with Crippen molar-refractivity contribution in [1.29, 1.82) is 10.5 Å². The van der Waals surface area contributed by atoms with Crippen molar-refractivity contribution in [1.82, 2.24) is 0 Å². The molecule has 3 heteroatoms. The molecule has 0 aliphatic heterocycles. The van der Waals surface area contributed by atoms with Crippen LogP contribution in [0.2, 0.25) is 0 Å². The maximum Gasteiger partial charge on any atom is 0.0991 e. The second-order valence-corrected chi connectivity index (χ2v) is 17.4. The van der Waals surface area contributed by atoms with Crippen molar-refractivity contribution in [2.45, 2.75) is 10.8 Å². The van der Waals surface area contributed by atoms with Gasteiger partial charge in [0.15, 0.2) is 0 Å². The molecular formula is C64H41N3. The van der Waals surface area contributed by atoms with Gasteiger partial charge in [0.25, 0.3) is 0 Å². The van der Waals surface area contributed by atoms with E-state index < -0.39 is 10.8 Å². The number of hydrogen-bond acceptors (Lipinski definition) is 3. The van der Waals surface area contributed by atoms with E-state index in [2.05, 4.69) is 241 Å². The van der Waals surface area contributed by atoms with E-state index in [0.29, 0.717) is 11.1 Å². The summed E-state index contributed by atoms with van der Waals surface area (Å²) in [6.07, 6.45) is 0. The van der Waals surface area contributed by atoms with E-state index in [0.717, 1.165) is 61.6 Å². The van der Waals surface area contributed by atoms with E-state index in [1.54, 1.807) is 0 Å². The van der Waals surface area contributed by atoms with Gasteiger partial charge < -0.3 is 4.90 Å². The van der Waals surface area contributed by atoms with Gasteiger partial charge in [-0.1, -0.05) is 194 Å². The van der Waals surface area contributed by atoms with Gasteiger partial charge in [0.05, 0.1) is 39.8 Å². The minimum Gasteiger partial charge on any atom is -0.310 e. The summed E-state index contributed by atoms with van der Waals surface area (Å²) >= 11 is 0. The Hall–Kier alpha value is -9.02. The molecule has 0 heterocycles. The van der Waals surface area contributed by atoms with Crippen LogP contribution in [0.5, 0.6) is 0 Å². The van der Waals surface area contributed by atoms with E-state index in [1.165, 1.54) is 33.4 Å². The summed E-state index contributed by atoms with van der Waals surface area (Å²) in [6, 6.07) is 93.6. The van der Waals surface area contributed by atoms with E-state index in [4.69, 9.17) is 0 Å². The van der Waals surface area contributed by atoms with Gasteiger partial charge in [-0.05, 0) is 127 Å². The molecule has 0 saturated carbocycles. The molecule has 10 aromatic rings. The van der Waals surface area contributed by atoms with Crippen LogP contribution < -0.4 is 4.90 Å². The van der Waals surface area contributed by atoms with Gasteiger partial charge in [0, 0.05) is 16.9 Å². The van der Waals surface area contributed by atoms with Crippen LogP contribution in [-0.2, 0) is 10.8 Å². The number of nitriles is 2. The molecular weight excluding hydrogens is 811 g/mol. The average Bonchev–Trinajstić information content (AvgIpc) is 3.87. The number of hydrogen-bond donors (Lipinski definition) is 0. The Morgan fingerprint density at radius 3 is 1.27 bits per heavy atom. The molecule has 67 heavy (non-hydrogen) atoms. The lowest BCUT2D eigenvalue weighted by Crippen LogP contribution is -2.29. The number of anilines is 3. The molecule has 0 saturated heterocycles. The van der Waals surface area contributed by atoms with Crippen molar-refractivity contribution < 1.29 is 0 Å². The number of para-hydroxylation sites is 1. The number of nitrogens with zero attached hydrogens (tertiary/aromatic N) is 3. The predicted molar refractivity (Wildman–Crippen MR) is 271 cm³/mol. The van der Waals surface area contributed by atoms with Crippen LogP contribution in [0.4, 0.5) is 17.1 Å².